The maximum absolute atomic E-state index is 5.78. The first kappa shape index (κ1) is 7.32. The molecular weight excluding hydrogens is 176 g/mol. The molecule has 0 amide bonds. The van der Waals surface area contributed by atoms with Crippen LogP contribution in [0.2, 0.25) is 0 Å². The van der Waals surface area contributed by atoms with Crippen molar-refractivity contribution in [2.75, 3.05) is 5.73 Å². The first-order chi connectivity index (χ1) is 6.86. The van der Waals surface area contributed by atoms with Crippen molar-refractivity contribution in [2.24, 2.45) is 0 Å². The van der Waals surface area contributed by atoms with E-state index in [9.17, 15) is 0 Å². The van der Waals surface area contributed by atoms with Gasteiger partial charge in [-0.3, -0.25) is 4.40 Å². The van der Waals surface area contributed by atoms with Crippen LogP contribution in [-0.2, 0) is 0 Å². The Hall–Kier alpha value is -2.10. The van der Waals surface area contributed by atoms with Gasteiger partial charge in [-0.2, -0.15) is 0 Å². The Bertz CT molecular complexity index is 612. The van der Waals surface area contributed by atoms with E-state index in [0.717, 1.165) is 16.7 Å². The van der Waals surface area contributed by atoms with E-state index in [0.29, 0.717) is 5.95 Å². The van der Waals surface area contributed by atoms with Crippen LogP contribution in [0.5, 0.6) is 0 Å². The van der Waals surface area contributed by atoms with Gasteiger partial charge in [-0.15, -0.1) is 0 Å². The average molecular weight is 184 g/mol. The number of anilines is 1. The highest BCUT2D eigenvalue weighted by atomic mass is 15.1. The molecule has 0 atom stereocenters. The van der Waals surface area contributed by atoms with Gasteiger partial charge in [0.15, 0.2) is 0 Å². The third-order valence-corrected chi connectivity index (χ3v) is 2.25. The third kappa shape index (κ3) is 0.821. The Labute approximate surface area is 80.0 Å². The fraction of sp³-hybridized carbons (Fsp3) is 0. The summed E-state index contributed by atoms with van der Waals surface area (Å²) in [6.45, 7) is 0. The van der Waals surface area contributed by atoms with Crippen molar-refractivity contribution >= 4 is 22.6 Å². The fourth-order valence-corrected chi connectivity index (χ4v) is 1.64. The Morgan fingerprint density at radius 1 is 1.14 bits per heavy atom. The smallest absolute Gasteiger partial charge is 0.206 e. The monoisotopic (exact) mass is 184 g/mol. The number of fused-ring (bicyclic) bond motifs is 3. The molecule has 0 spiro atoms. The van der Waals surface area contributed by atoms with Crippen molar-refractivity contribution in [3.63, 3.8) is 0 Å². The number of nitrogens with two attached hydrogens (primary N) is 1. The maximum atomic E-state index is 5.78. The van der Waals surface area contributed by atoms with Crippen LogP contribution < -0.4 is 5.73 Å². The summed E-state index contributed by atoms with van der Waals surface area (Å²) in [5.74, 6) is 0.469. The van der Waals surface area contributed by atoms with Gasteiger partial charge in [-0.05, 0) is 18.2 Å². The van der Waals surface area contributed by atoms with Gasteiger partial charge in [0.25, 0.3) is 0 Å². The van der Waals surface area contributed by atoms with Crippen LogP contribution in [0.4, 0.5) is 5.95 Å². The first-order valence-electron chi connectivity index (χ1n) is 4.34. The summed E-state index contributed by atoms with van der Waals surface area (Å²) in [7, 11) is 0. The molecular formula is C10H8N4. The van der Waals surface area contributed by atoms with Gasteiger partial charge < -0.3 is 5.73 Å². The predicted molar refractivity (Wildman–Crippen MR) is 54.9 cm³/mol. The quantitative estimate of drug-likeness (QED) is 0.575. The van der Waals surface area contributed by atoms with Crippen LogP contribution in [0.15, 0.2) is 36.5 Å². The van der Waals surface area contributed by atoms with E-state index < -0.39 is 0 Å². The highest BCUT2D eigenvalue weighted by Crippen LogP contribution is 2.17. The van der Waals surface area contributed by atoms with Crippen LogP contribution >= 0.6 is 0 Å². The van der Waals surface area contributed by atoms with Crippen LogP contribution in [0.1, 0.15) is 0 Å². The molecule has 1 aromatic carbocycles. The van der Waals surface area contributed by atoms with Gasteiger partial charge in [-0.1, -0.05) is 12.1 Å². The van der Waals surface area contributed by atoms with Crippen LogP contribution in [0.25, 0.3) is 16.7 Å². The van der Waals surface area contributed by atoms with E-state index in [1.54, 1.807) is 6.20 Å². The molecule has 0 aliphatic rings. The zero-order valence-electron chi connectivity index (χ0n) is 7.38. The minimum absolute atomic E-state index is 0.469. The average Bonchev–Trinajstić information content (AvgIpc) is 2.57. The Morgan fingerprint density at radius 3 is 2.93 bits per heavy atom. The number of hydrogen-bond acceptors (Lipinski definition) is 3. The molecule has 0 aliphatic carbocycles. The van der Waals surface area contributed by atoms with E-state index in [1.807, 2.05) is 34.7 Å². The van der Waals surface area contributed by atoms with E-state index in [-0.39, 0.29) is 0 Å². The molecule has 0 aliphatic heterocycles. The second kappa shape index (κ2) is 2.45. The van der Waals surface area contributed by atoms with E-state index in [2.05, 4.69) is 9.97 Å². The summed E-state index contributed by atoms with van der Waals surface area (Å²) in [6.07, 6.45) is 1.66. The molecule has 2 N–H and O–H groups in total. The fourth-order valence-electron chi connectivity index (χ4n) is 1.64. The maximum Gasteiger partial charge on any atom is 0.206 e. The minimum atomic E-state index is 0.469. The number of imidazole rings is 1. The van der Waals surface area contributed by atoms with Crippen LogP contribution in [0, 0.1) is 0 Å². The largest absolute Gasteiger partial charge is 0.369 e. The van der Waals surface area contributed by atoms with Crippen molar-refractivity contribution < 1.29 is 0 Å². The summed E-state index contributed by atoms with van der Waals surface area (Å²) < 4.78 is 1.84. The number of hydrogen-bond donors (Lipinski definition) is 1. The van der Waals surface area contributed by atoms with E-state index >= 15 is 0 Å². The first-order valence-corrected chi connectivity index (χ1v) is 4.34. The standard InChI is InChI=1S/C10H8N4/c11-10-12-6-5-9-13-7-3-1-2-4-8(7)14(9)10/h1-6H,(H2,11,12). The molecule has 68 valence electrons. The van der Waals surface area contributed by atoms with Crippen LogP contribution in [0.3, 0.4) is 0 Å². The van der Waals surface area contributed by atoms with Crippen molar-refractivity contribution in [2.45, 2.75) is 0 Å². The molecule has 2 aromatic heterocycles. The number of rotatable bonds is 0. The van der Waals surface area contributed by atoms with Crippen molar-refractivity contribution in [3.05, 3.63) is 36.5 Å². The minimum Gasteiger partial charge on any atom is -0.369 e. The number of nitrogens with zero attached hydrogens (tertiary/aromatic N) is 3. The highest BCUT2D eigenvalue weighted by Gasteiger charge is 2.04. The van der Waals surface area contributed by atoms with Crippen molar-refractivity contribution in [1.82, 2.24) is 14.4 Å². The predicted octanol–water partition coefficient (Wildman–Crippen LogP) is 1.46. The Balaban J connectivity index is 2.65. The molecule has 14 heavy (non-hydrogen) atoms. The summed E-state index contributed by atoms with van der Waals surface area (Å²) in [5.41, 5.74) is 8.54. The molecule has 4 nitrogen and oxygen atoms in total. The summed E-state index contributed by atoms with van der Waals surface area (Å²) in [6, 6.07) is 9.70. The normalized spacial score (nSPS) is 11.1. The molecule has 3 rings (SSSR count). The topological polar surface area (TPSA) is 56.2 Å². The van der Waals surface area contributed by atoms with Gasteiger partial charge in [0.2, 0.25) is 5.95 Å². The van der Waals surface area contributed by atoms with Gasteiger partial charge in [0.05, 0.1) is 11.0 Å². The Morgan fingerprint density at radius 2 is 2.00 bits per heavy atom. The van der Waals surface area contributed by atoms with Crippen molar-refractivity contribution in [3.8, 4) is 0 Å². The van der Waals surface area contributed by atoms with E-state index in [1.165, 1.54) is 0 Å². The number of benzene rings is 1. The second-order valence-corrected chi connectivity index (χ2v) is 3.10. The molecule has 2 heterocycles. The summed E-state index contributed by atoms with van der Waals surface area (Å²) in [5, 5.41) is 0. The molecule has 4 heteroatoms. The molecule has 0 bridgehead atoms. The SMILES string of the molecule is Nc1nccc2nc3ccccc3n12. The molecule has 3 aromatic rings. The summed E-state index contributed by atoms with van der Waals surface area (Å²) >= 11 is 0. The number of para-hydroxylation sites is 2. The molecule has 0 saturated carbocycles. The van der Waals surface area contributed by atoms with Crippen LogP contribution in [-0.4, -0.2) is 14.4 Å². The lowest BCUT2D eigenvalue weighted by Gasteiger charge is -1.97. The summed E-state index contributed by atoms with van der Waals surface area (Å²) in [4.78, 5) is 8.45. The lowest BCUT2D eigenvalue weighted by atomic mass is 10.3. The van der Waals surface area contributed by atoms with Crippen molar-refractivity contribution in [1.29, 1.82) is 0 Å². The number of aromatic nitrogens is 3. The number of nitrogen functional groups attached to an aromatic ring is 1. The molecule has 0 saturated heterocycles. The van der Waals surface area contributed by atoms with Gasteiger partial charge in [0.1, 0.15) is 5.65 Å². The molecule has 0 fully saturated rings. The second-order valence-electron chi connectivity index (χ2n) is 3.10. The van der Waals surface area contributed by atoms with E-state index in [4.69, 9.17) is 5.73 Å². The zero-order chi connectivity index (χ0) is 9.54. The lowest BCUT2D eigenvalue weighted by Crippen LogP contribution is -1.98. The van der Waals surface area contributed by atoms with Gasteiger partial charge in [0, 0.05) is 6.20 Å². The third-order valence-electron chi connectivity index (χ3n) is 2.25. The van der Waals surface area contributed by atoms with Gasteiger partial charge in [-0.25, -0.2) is 9.97 Å². The zero-order valence-corrected chi connectivity index (χ0v) is 7.38. The molecule has 0 radical (unpaired) electrons. The Kier molecular flexibility index (Phi) is 1.28. The molecule has 0 unspecified atom stereocenters. The lowest BCUT2D eigenvalue weighted by molar-refractivity contribution is 1.13. The highest BCUT2D eigenvalue weighted by molar-refractivity contribution is 5.81. The van der Waals surface area contributed by atoms with Gasteiger partial charge >= 0.3 is 0 Å².